The highest BCUT2D eigenvalue weighted by Gasteiger charge is 2.19. The van der Waals surface area contributed by atoms with Gasteiger partial charge in [0, 0.05) is 31.2 Å². The molecule has 178 valence electrons. The number of thiophene rings is 1. The summed E-state index contributed by atoms with van der Waals surface area (Å²) in [5.74, 6) is -0.334. The van der Waals surface area contributed by atoms with E-state index in [1.165, 1.54) is 23.5 Å². The van der Waals surface area contributed by atoms with Crippen LogP contribution in [0.4, 0.5) is 10.5 Å². The zero-order valence-electron chi connectivity index (χ0n) is 19.1. The van der Waals surface area contributed by atoms with Gasteiger partial charge in [0.05, 0.1) is 15.5 Å². The van der Waals surface area contributed by atoms with E-state index in [4.69, 9.17) is 4.74 Å². The number of hydrogen-bond donors (Lipinski definition) is 3. The summed E-state index contributed by atoms with van der Waals surface area (Å²) in [5, 5.41) is 10.5. The number of alkyl carbamates (subject to hydrolysis) is 1. The van der Waals surface area contributed by atoms with Gasteiger partial charge in [-0.2, -0.15) is 5.10 Å². The van der Waals surface area contributed by atoms with Gasteiger partial charge in [-0.1, -0.05) is 6.07 Å². The van der Waals surface area contributed by atoms with Crippen LogP contribution in [0.3, 0.4) is 0 Å². The Morgan fingerprint density at radius 3 is 2.58 bits per heavy atom. The SMILES string of the molecule is Cc1nn(C)c2sc(C(=O)Nc3cccc(S(=O)(=O)NCCNC(=O)OC(C)(C)C)c3)cc12. The first-order chi connectivity index (χ1) is 15.4. The smallest absolute Gasteiger partial charge is 0.407 e. The molecule has 2 aromatic heterocycles. The molecule has 3 N–H and O–H groups in total. The van der Waals surface area contributed by atoms with Crippen molar-refractivity contribution >= 4 is 49.3 Å². The van der Waals surface area contributed by atoms with Crippen molar-refractivity contribution in [2.75, 3.05) is 18.4 Å². The zero-order valence-corrected chi connectivity index (χ0v) is 20.7. The fraction of sp³-hybridized carbons (Fsp3) is 0.381. The van der Waals surface area contributed by atoms with E-state index in [0.29, 0.717) is 10.6 Å². The van der Waals surface area contributed by atoms with E-state index in [2.05, 4.69) is 20.5 Å². The molecule has 12 heteroatoms. The van der Waals surface area contributed by atoms with Crippen molar-refractivity contribution in [1.82, 2.24) is 19.8 Å². The lowest BCUT2D eigenvalue weighted by Gasteiger charge is -2.19. The Hall–Kier alpha value is -2.96. The summed E-state index contributed by atoms with van der Waals surface area (Å²) in [5.41, 5.74) is 0.546. The normalized spacial score (nSPS) is 12.0. The molecule has 0 radical (unpaired) electrons. The Morgan fingerprint density at radius 1 is 1.18 bits per heavy atom. The Labute approximate surface area is 196 Å². The predicted molar refractivity (Wildman–Crippen MR) is 127 cm³/mol. The largest absolute Gasteiger partial charge is 0.444 e. The number of anilines is 1. The molecule has 0 saturated carbocycles. The van der Waals surface area contributed by atoms with Crippen LogP contribution >= 0.6 is 11.3 Å². The maximum absolute atomic E-state index is 12.7. The number of ether oxygens (including phenoxy) is 1. The van der Waals surface area contributed by atoms with Crippen molar-refractivity contribution in [1.29, 1.82) is 0 Å². The van der Waals surface area contributed by atoms with Crippen LogP contribution in [0.25, 0.3) is 10.2 Å². The molecule has 0 aliphatic carbocycles. The third kappa shape index (κ3) is 6.30. The molecule has 0 unspecified atom stereocenters. The molecule has 0 aliphatic rings. The lowest BCUT2D eigenvalue weighted by atomic mass is 10.2. The first-order valence-electron chi connectivity index (χ1n) is 10.2. The maximum Gasteiger partial charge on any atom is 0.407 e. The third-order valence-corrected chi connectivity index (χ3v) is 7.07. The van der Waals surface area contributed by atoms with Gasteiger partial charge in [0.1, 0.15) is 10.4 Å². The van der Waals surface area contributed by atoms with E-state index in [-0.39, 0.29) is 23.9 Å². The highest BCUT2D eigenvalue weighted by Crippen LogP contribution is 2.28. The van der Waals surface area contributed by atoms with Crippen LogP contribution in [0.15, 0.2) is 35.2 Å². The summed E-state index contributed by atoms with van der Waals surface area (Å²) in [7, 11) is -2.02. The minimum atomic E-state index is -3.84. The van der Waals surface area contributed by atoms with Gasteiger partial charge < -0.3 is 15.4 Å². The van der Waals surface area contributed by atoms with Crippen LogP contribution in [0.2, 0.25) is 0 Å². The monoisotopic (exact) mass is 493 g/mol. The fourth-order valence-electron chi connectivity index (χ4n) is 3.00. The summed E-state index contributed by atoms with van der Waals surface area (Å²) in [6, 6.07) is 7.73. The van der Waals surface area contributed by atoms with Crippen molar-refractivity contribution in [2.45, 2.75) is 38.2 Å². The molecular formula is C21H27N5O5S2. The molecule has 0 fully saturated rings. The van der Waals surface area contributed by atoms with Gasteiger partial charge in [0.25, 0.3) is 5.91 Å². The van der Waals surface area contributed by atoms with E-state index in [9.17, 15) is 18.0 Å². The maximum atomic E-state index is 12.7. The second kappa shape index (κ2) is 9.49. The molecule has 0 saturated heterocycles. The fourth-order valence-corrected chi connectivity index (χ4v) is 5.09. The molecule has 1 aromatic carbocycles. The number of hydrogen-bond acceptors (Lipinski definition) is 7. The van der Waals surface area contributed by atoms with Crippen molar-refractivity contribution in [2.24, 2.45) is 7.05 Å². The molecule has 0 bridgehead atoms. The molecule has 33 heavy (non-hydrogen) atoms. The Morgan fingerprint density at radius 2 is 1.91 bits per heavy atom. The quantitative estimate of drug-likeness (QED) is 0.434. The van der Waals surface area contributed by atoms with Crippen molar-refractivity contribution in [3.05, 3.63) is 40.9 Å². The number of benzene rings is 1. The van der Waals surface area contributed by atoms with E-state index < -0.39 is 21.7 Å². The molecular weight excluding hydrogens is 466 g/mol. The number of aryl methyl sites for hydroxylation is 2. The zero-order chi connectivity index (χ0) is 24.4. The molecule has 0 aliphatic heterocycles. The van der Waals surface area contributed by atoms with Crippen molar-refractivity contribution < 1.29 is 22.7 Å². The number of rotatable bonds is 7. The van der Waals surface area contributed by atoms with Gasteiger partial charge in [-0.25, -0.2) is 17.9 Å². The van der Waals surface area contributed by atoms with Crippen LogP contribution in [0, 0.1) is 6.92 Å². The van der Waals surface area contributed by atoms with Crippen LogP contribution < -0.4 is 15.4 Å². The topological polar surface area (TPSA) is 131 Å². The number of carbonyl (C=O) groups excluding carboxylic acids is 2. The predicted octanol–water partition coefficient (Wildman–Crippen LogP) is 3.00. The Bertz CT molecular complexity index is 1250. The third-order valence-electron chi connectivity index (χ3n) is 4.41. The summed E-state index contributed by atoms with van der Waals surface area (Å²) >= 11 is 1.31. The molecule has 2 heterocycles. The molecule has 10 nitrogen and oxygen atoms in total. The van der Waals surface area contributed by atoms with Crippen LogP contribution in [0.5, 0.6) is 0 Å². The second-order valence-corrected chi connectivity index (χ2v) is 11.1. The van der Waals surface area contributed by atoms with Gasteiger partial charge in [0.2, 0.25) is 10.0 Å². The number of nitrogens with zero attached hydrogens (tertiary/aromatic N) is 2. The van der Waals surface area contributed by atoms with Crippen molar-refractivity contribution in [3.8, 4) is 0 Å². The number of fused-ring (bicyclic) bond motifs is 1. The minimum absolute atomic E-state index is 0.00560. The van der Waals surface area contributed by atoms with Crippen LogP contribution in [0.1, 0.15) is 36.1 Å². The van der Waals surface area contributed by atoms with Crippen molar-refractivity contribution in [3.63, 3.8) is 0 Å². The second-order valence-electron chi connectivity index (χ2n) is 8.35. The lowest BCUT2D eigenvalue weighted by molar-refractivity contribution is 0.0528. The van der Waals surface area contributed by atoms with E-state index >= 15 is 0 Å². The summed E-state index contributed by atoms with van der Waals surface area (Å²) in [6.07, 6.45) is -0.626. The lowest BCUT2D eigenvalue weighted by Crippen LogP contribution is -2.37. The van der Waals surface area contributed by atoms with Gasteiger partial charge >= 0.3 is 6.09 Å². The van der Waals surface area contributed by atoms with E-state index in [1.807, 2.05) is 14.0 Å². The summed E-state index contributed by atoms with van der Waals surface area (Å²) in [4.78, 5) is 25.7. The molecule has 2 amide bonds. The standard InChI is InChI=1S/C21H27N5O5S2/c1-13-16-12-17(32-19(16)26(5)25-13)18(27)24-14-7-6-8-15(11-14)33(29,30)23-10-9-22-20(28)31-21(2,3)4/h6-8,11-12,23H,9-10H2,1-5H3,(H,22,28)(H,24,27). The first-order valence-corrected chi connectivity index (χ1v) is 12.5. The highest BCUT2D eigenvalue weighted by atomic mass is 32.2. The number of sulfonamides is 1. The molecule has 3 rings (SSSR count). The molecule has 0 spiro atoms. The number of aromatic nitrogens is 2. The van der Waals surface area contributed by atoms with E-state index in [0.717, 1.165) is 15.9 Å². The van der Waals surface area contributed by atoms with Crippen LogP contribution in [-0.4, -0.2) is 48.9 Å². The summed E-state index contributed by atoms with van der Waals surface area (Å²) < 4.78 is 34.4. The van der Waals surface area contributed by atoms with Crippen LogP contribution in [-0.2, 0) is 21.8 Å². The Kier molecular flexibility index (Phi) is 7.10. The average Bonchev–Trinajstić information content (AvgIpc) is 3.26. The van der Waals surface area contributed by atoms with Gasteiger partial charge in [-0.15, -0.1) is 11.3 Å². The average molecular weight is 494 g/mol. The molecule has 0 atom stereocenters. The van der Waals surface area contributed by atoms with Gasteiger partial charge in [-0.05, 0) is 52.0 Å². The van der Waals surface area contributed by atoms with E-state index in [1.54, 1.807) is 43.7 Å². The van der Waals surface area contributed by atoms with Gasteiger partial charge in [-0.3, -0.25) is 9.48 Å². The summed E-state index contributed by atoms with van der Waals surface area (Å²) in [6.45, 7) is 7.12. The molecule has 3 aromatic rings. The first kappa shape index (κ1) is 24.7. The Balaban J connectivity index is 1.61. The van der Waals surface area contributed by atoms with Gasteiger partial charge in [0.15, 0.2) is 0 Å². The highest BCUT2D eigenvalue weighted by molar-refractivity contribution is 7.89. The minimum Gasteiger partial charge on any atom is -0.444 e. The number of carbonyl (C=O) groups is 2. The number of nitrogens with one attached hydrogen (secondary N) is 3. The number of amides is 2.